The van der Waals surface area contributed by atoms with E-state index in [-0.39, 0.29) is 5.91 Å². The highest BCUT2D eigenvalue weighted by molar-refractivity contribution is 7.88. The highest BCUT2D eigenvalue weighted by Crippen LogP contribution is 2.21. The Hall–Kier alpha value is -1.47. The molecule has 1 unspecified atom stereocenters. The zero-order valence-corrected chi connectivity index (χ0v) is 13.2. The number of carbonyl (C=O) groups excluding carboxylic acids is 1. The molecule has 2 rings (SSSR count). The van der Waals surface area contributed by atoms with Crippen LogP contribution in [-0.2, 0) is 21.4 Å². The van der Waals surface area contributed by atoms with E-state index in [1.165, 1.54) is 10.6 Å². The van der Waals surface area contributed by atoms with E-state index in [2.05, 4.69) is 4.98 Å². The Labute approximate surface area is 125 Å². The molecule has 1 aromatic rings. The van der Waals surface area contributed by atoms with Gasteiger partial charge in [0.25, 0.3) is 0 Å². The maximum atomic E-state index is 12.6. The van der Waals surface area contributed by atoms with Gasteiger partial charge in [0.15, 0.2) is 0 Å². The zero-order valence-electron chi connectivity index (χ0n) is 12.4. The number of likely N-dealkylation sites (N-methyl/N-ethyl adjacent to an activating group) is 1. The second kappa shape index (κ2) is 6.53. The largest absolute Gasteiger partial charge is 0.340 e. The molecule has 0 aliphatic carbocycles. The Bertz CT molecular complexity index is 589. The fourth-order valence-corrected chi connectivity index (χ4v) is 3.77. The normalized spacial score (nSPS) is 20.2. The summed E-state index contributed by atoms with van der Waals surface area (Å²) in [5.74, 6) is -0.149. The molecule has 1 fully saturated rings. The van der Waals surface area contributed by atoms with Crippen molar-refractivity contribution in [3.63, 3.8) is 0 Å². The first-order valence-electron chi connectivity index (χ1n) is 7.00. The second-order valence-corrected chi connectivity index (χ2v) is 7.38. The molecule has 0 N–H and O–H groups in total. The molecule has 6 nitrogen and oxygen atoms in total. The Kier molecular flexibility index (Phi) is 4.95. The number of nitrogens with zero attached hydrogens (tertiary/aromatic N) is 3. The van der Waals surface area contributed by atoms with Gasteiger partial charge in [0.2, 0.25) is 15.9 Å². The number of amides is 1. The molecule has 1 aliphatic heterocycles. The molecule has 1 aliphatic rings. The summed E-state index contributed by atoms with van der Waals surface area (Å²) >= 11 is 0. The summed E-state index contributed by atoms with van der Waals surface area (Å²) in [5, 5.41) is 0. The molecule has 0 aromatic carbocycles. The lowest BCUT2D eigenvalue weighted by Gasteiger charge is -2.35. The van der Waals surface area contributed by atoms with Gasteiger partial charge in [-0.25, -0.2) is 8.42 Å². The van der Waals surface area contributed by atoms with Crippen LogP contribution in [0.15, 0.2) is 24.5 Å². The van der Waals surface area contributed by atoms with Gasteiger partial charge < -0.3 is 4.90 Å². The summed E-state index contributed by atoms with van der Waals surface area (Å²) in [6, 6.07) is 3.14. The predicted octanol–water partition coefficient (Wildman–Crippen LogP) is 0.854. The molecule has 1 aromatic heterocycles. The van der Waals surface area contributed by atoms with Crippen LogP contribution in [0.3, 0.4) is 0 Å². The van der Waals surface area contributed by atoms with Crippen LogP contribution < -0.4 is 0 Å². The Morgan fingerprint density at radius 3 is 2.86 bits per heavy atom. The molecular formula is C14H21N3O3S. The van der Waals surface area contributed by atoms with E-state index in [4.69, 9.17) is 0 Å². The van der Waals surface area contributed by atoms with Crippen LogP contribution in [0.4, 0.5) is 0 Å². The first kappa shape index (κ1) is 15.9. The smallest absolute Gasteiger partial charge is 0.241 e. The van der Waals surface area contributed by atoms with Crippen LogP contribution >= 0.6 is 0 Å². The first-order valence-corrected chi connectivity index (χ1v) is 8.85. The third-order valence-corrected chi connectivity index (χ3v) is 4.97. The highest BCUT2D eigenvalue weighted by Gasteiger charge is 2.35. The minimum absolute atomic E-state index is 0.149. The minimum atomic E-state index is -3.35. The molecule has 1 amide bonds. The molecule has 0 radical (unpaired) electrons. The SMILES string of the molecule is CN(Cc1cccnc1)C(=O)C1CCCCN1S(C)(=O)=O. The standard InChI is InChI=1S/C14H21N3O3S/c1-16(11-12-6-5-8-15-10-12)14(18)13-7-3-4-9-17(13)21(2,19)20/h5-6,8,10,13H,3-4,7,9,11H2,1-2H3. The number of hydrogen-bond acceptors (Lipinski definition) is 4. The summed E-state index contributed by atoms with van der Waals surface area (Å²) in [4.78, 5) is 18.2. The summed E-state index contributed by atoms with van der Waals surface area (Å²) in [5.41, 5.74) is 0.926. The van der Waals surface area contributed by atoms with Crippen molar-refractivity contribution < 1.29 is 13.2 Å². The molecular weight excluding hydrogens is 290 g/mol. The van der Waals surface area contributed by atoms with Crippen molar-refractivity contribution in [1.29, 1.82) is 0 Å². The topological polar surface area (TPSA) is 70.6 Å². The third kappa shape index (κ3) is 4.01. The lowest BCUT2D eigenvalue weighted by atomic mass is 10.0. The average Bonchev–Trinajstić information content (AvgIpc) is 2.46. The maximum absolute atomic E-state index is 12.6. The fourth-order valence-electron chi connectivity index (χ4n) is 2.65. The number of pyridine rings is 1. The van der Waals surface area contributed by atoms with Crippen molar-refractivity contribution in [3.8, 4) is 0 Å². The van der Waals surface area contributed by atoms with Crippen molar-refractivity contribution in [2.24, 2.45) is 0 Å². The van der Waals surface area contributed by atoms with Crippen LogP contribution in [-0.4, -0.2) is 54.4 Å². The van der Waals surface area contributed by atoms with Crippen LogP contribution in [0.5, 0.6) is 0 Å². The van der Waals surface area contributed by atoms with Gasteiger partial charge in [-0.3, -0.25) is 9.78 Å². The number of hydrogen-bond donors (Lipinski definition) is 0. The van der Waals surface area contributed by atoms with Gasteiger partial charge in [-0.05, 0) is 24.5 Å². The van der Waals surface area contributed by atoms with Crippen molar-refractivity contribution >= 4 is 15.9 Å². The van der Waals surface area contributed by atoms with E-state index in [0.29, 0.717) is 19.5 Å². The van der Waals surface area contributed by atoms with Gasteiger partial charge in [0, 0.05) is 32.5 Å². The first-order chi connectivity index (χ1) is 9.89. The molecule has 1 atom stereocenters. The van der Waals surface area contributed by atoms with Gasteiger partial charge >= 0.3 is 0 Å². The van der Waals surface area contributed by atoms with E-state index >= 15 is 0 Å². The monoisotopic (exact) mass is 311 g/mol. The van der Waals surface area contributed by atoms with Gasteiger partial charge in [-0.1, -0.05) is 12.5 Å². The lowest BCUT2D eigenvalue weighted by molar-refractivity contribution is -0.135. The van der Waals surface area contributed by atoms with Crippen LogP contribution in [0.25, 0.3) is 0 Å². The second-order valence-electron chi connectivity index (χ2n) is 5.44. The lowest BCUT2D eigenvalue weighted by Crippen LogP contribution is -2.51. The fraction of sp³-hybridized carbons (Fsp3) is 0.571. The molecule has 1 saturated heterocycles. The Balaban J connectivity index is 2.10. The molecule has 21 heavy (non-hydrogen) atoms. The minimum Gasteiger partial charge on any atom is -0.340 e. The van der Waals surface area contributed by atoms with Gasteiger partial charge in [0.05, 0.1) is 6.26 Å². The summed E-state index contributed by atoms with van der Waals surface area (Å²) in [7, 11) is -1.65. The number of piperidine rings is 1. The maximum Gasteiger partial charge on any atom is 0.241 e. The predicted molar refractivity (Wildman–Crippen MR) is 79.9 cm³/mol. The number of rotatable bonds is 4. The molecule has 2 heterocycles. The molecule has 0 saturated carbocycles. The van der Waals surface area contributed by atoms with E-state index in [1.54, 1.807) is 24.3 Å². The van der Waals surface area contributed by atoms with E-state index in [1.807, 2.05) is 12.1 Å². The van der Waals surface area contributed by atoms with Crippen molar-refractivity contribution in [1.82, 2.24) is 14.2 Å². The van der Waals surface area contributed by atoms with Crippen molar-refractivity contribution in [2.45, 2.75) is 31.8 Å². The molecule has 0 bridgehead atoms. The molecule has 0 spiro atoms. The summed E-state index contributed by atoms with van der Waals surface area (Å²) < 4.78 is 25.0. The quantitative estimate of drug-likeness (QED) is 0.827. The van der Waals surface area contributed by atoms with E-state index in [9.17, 15) is 13.2 Å². The van der Waals surface area contributed by atoms with Crippen molar-refractivity contribution in [3.05, 3.63) is 30.1 Å². The van der Waals surface area contributed by atoms with Gasteiger partial charge in [-0.2, -0.15) is 4.31 Å². The van der Waals surface area contributed by atoms with E-state index < -0.39 is 16.1 Å². The number of aromatic nitrogens is 1. The van der Waals surface area contributed by atoms with E-state index in [0.717, 1.165) is 18.4 Å². The molecule has 7 heteroatoms. The number of carbonyl (C=O) groups is 1. The third-order valence-electron chi connectivity index (χ3n) is 3.68. The van der Waals surface area contributed by atoms with Gasteiger partial charge in [0.1, 0.15) is 6.04 Å². The number of sulfonamides is 1. The zero-order chi connectivity index (χ0) is 15.5. The Morgan fingerprint density at radius 1 is 1.48 bits per heavy atom. The highest BCUT2D eigenvalue weighted by atomic mass is 32.2. The van der Waals surface area contributed by atoms with Crippen LogP contribution in [0, 0.1) is 0 Å². The van der Waals surface area contributed by atoms with Crippen LogP contribution in [0.1, 0.15) is 24.8 Å². The summed E-state index contributed by atoms with van der Waals surface area (Å²) in [6.45, 7) is 0.858. The summed E-state index contributed by atoms with van der Waals surface area (Å²) in [6.07, 6.45) is 6.83. The van der Waals surface area contributed by atoms with Gasteiger partial charge in [-0.15, -0.1) is 0 Å². The average molecular weight is 311 g/mol. The Morgan fingerprint density at radius 2 is 2.24 bits per heavy atom. The van der Waals surface area contributed by atoms with Crippen molar-refractivity contribution in [2.75, 3.05) is 19.8 Å². The molecule has 116 valence electrons. The van der Waals surface area contributed by atoms with Crippen LogP contribution in [0.2, 0.25) is 0 Å².